The molecule has 3 rings (SSSR count). The highest BCUT2D eigenvalue weighted by molar-refractivity contribution is 9.10. The van der Waals surface area contributed by atoms with Gasteiger partial charge in [-0.25, -0.2) is 4.68 Å². The lowest BCUT2D eigenvalue weighted by atomic mass is 10.1. The van der Waals surface area contributed by atoms with Gasteiger partial charge >= 0.3 is 5.97 Å². The van der Waals surface area contributed by atoms with Gasteiger partial charge in [0.15, 0.2) is 0 Å². The smallest absolute Gasteiger partial charge is 0.308 e. The van der Waals surface area contributed by atoms with E-state index in [2.05, 4.69) is 21.0 Å². The summed E-state index contributed by atoms with van der Waals surface area (Å²) in [5.41, 5.74) is 2.13. The van der Waals surface area contributed by atoms with Crippen LogP contribution in [-0.2, 0) is 4.79 Å². The molecule has 7 heteroatoms. The summed E-state index contributed by atoms with van der Waals surface area (Å²) in [6.07, 6.45) is 2.05. The number of aromatic nitrogens is 2. The number of carboxylic acid groups (broad SMARTS) is 1. The second-order valence-electron chi connectivity index (χ2n) is 5.61. The standard InChI is InChI=1S/C16H16BrN3O3/c1-10-14(15(21)19-7-6-11(9-19)16(22)23)8-18-20(10)13-4-2-12(17)3-5-13/h2-5,8,11H,6-7,9H2,1H3,(H,22,23)/t11-/m1/s1. The highest BCUT2D eigenvalue weighted by Crippen LogP contribution is 2.22. The van der Waals surface area contributed by atoms with E-state index >= 15 is 0 Å². The minimum atomic E-state index is -0.845. The molecule has 0 spiro atoms. The van der Waals surface area contributed by atoms with E-state index in [0.29, 0.717) is 18.5 Å². The third-order valence-electron chi connectivity index (χ3n) is 4.14. The summed E-state index contributed by atoms with van der Waals surface area (Å²) in [6, 6.07) is 7.65. The molecule has 1 aromatic heterocycles. The average Bonchev–Trinajstić information content (AvgIpc) is 3.15. The Morgan fingerprint density at radius 3 is 2.61 bits per heavy atom. The van der Waals surface area contributed by atoms with Gasteiger partial charge in [0, 0.05) is 17.6 Å². The highest BCUT2D eigenvalue weighted by atomic mass is 79.9. The zero-order valence-electron chi connectivity index (χ0n) is 12.6. The second-order valence-corrected chi connectivity index (χ2v) is 6.52. The molecule has 1 saturated heterocycles. The van der Waals surface area contributed by atoms with E-state index in [1.165, 1.54) is 0 Å². The molecule has 23 heavy (non-hydrogen) atoms. The van der Waals surface area contributed by atoms with Gasteiger partial charge in [-0.2, -0.15) is 5.10 Å². The van der Waals surface area contributed by atoms with Crippen molar-refractivity contribution < 1.29 is 14.7 Å². The molecule has 2 aromatic rings. The van der Waals surface area contributed by atoms with Crippen LogP contribution in [0.5, 0.6) is 0 Å². The third kappa shape index (κ3) is 3.01. The topological polar surface area (TPSA) is 75.4 Å². The summed E-state index contributed by atoms with van der Waals surface area (Å²) in [5.74, 6) is -1.47. The molecule has 1 atom stereocenters. The number of benzene rings is 1. The third-order valence-corrected chi connectivity index (χ3v) is 4.66. The fourth-order valence-electron chi connectivity index (χ4n) is 2.78. The number of hydrogen-bond donors (Lipinski definition) is 1. The lowest BCUT2D eigenvalue weighted by molar-refractivity contribution is -0.141. The fraction of sp³-hybridized carbons (Fsp3) is 0.312. The van der Waals surface area contributed by atoms with Crippen LogP contribution in [0.4, 0.5) is 0 Å². The van der Waals surface area contributed by atoms with Crippen molar-refractivity contribution in [3.8, 4) is 5.69 Å². The quantitative estimate of drug-likeness (QED) is 0.891. The predicted octanol–water partition coefficient (Wildman–Crippen LogP) is 2.49. The van der Waals surface area contributed by atoms with Gasteiger partial charge in [0.2, 0.25) is 0 Å². The van der Waals surface area contributed by atoms with E-state index < -0.39 is 11.9 Å². The number of rotatable bonds is 3. The summed E-state index contributed by atoms with van der Waals surface area (Å²) in [5, 5.41) is 13.4. The number of halogens is 1. The van der Waals surface area contributed by atoms with Crippen molar-refractivity contribution in [1.29, 1.82) is 0 Å². The van der Waals surface area contributed by atoms with E-state index in [1.54, 1.807) is 15.8 Å². The Labute approximate surface area is 141 Å². The molecule has 1 fully saturated rings. The number of carboxylic acids is 1. The van der Waals surface area contributed by atoms with Gasteiger partial charge in [0.1, 0.15) is 0 Å². The summed E-state index contributed by atoms with van der Waals surface area (Å²) in [6.45, 7) is 2.57. The Hall–Kier alpha value is -2.15. The number of carbonyl (C=O) groups excluding carboxylic acids is 1. The number of carbonyl (C=O) groups is 2. The molecule has 1 aliphatic rings. The van der Waals surface area contributed by atoms with Crippen molar-refractivity contribution in [2.75, 3.05) is 13.1 Å². The van der Waals surface area contributed by atoms with E-state index in [0.717, 1.165) is 15.9 Å². The van der Waals surface area contributed by atoms with Crippen LogP contribution >= 0.6 is 15.9 Å². The Morgan fingerprint density at radius 1 is 1.30 bits per heavy atom. The molecule has 0 aliphatic carbocycles. The minimum Gasteiger partial charge on any atom is -0.481 e. The molecule has 1 aromatic carbocycles. The molecule has 0 saturated carbocycles. The number of hydrogen-bond acceptors (Lipinski definition) is 3. The van der Waals surface area contributed by atoms with Crippen LogP contribution in [0.1, 0.15) is 22.5 Å². The molecule has 0 radical (unpaired) electrons. The summed E-state index contributed by atoms with van der Waals surface area (Å²) < 4.78 is 2.68. The first-order chi connectivity index (χ1) is 11.0. The van der Waals surface area contributed by atoms with Crippen molar-refractivity contribution >= 4 is 27.8 Å². The van der Waals surface area contributed by atoms with E-state index in [-0.39, 0.29) is 12.5 Å². The maximum Gasteiger partial charge on any atom is 0.308 e. The normalized spacial score (nSPS) is 17.5. The molecule has 0 bridgehead atoms. The van der Waals surface area contributed by atoms with Gasteiger partial charge in [0.25, 0.3) is 5.91 Å². The Morgan fingerprint density at radius 2 is 2.00 bits per heavy atom. The lowest BCUT2D eigenvalue weighted by Crippen LogP contribution is -2.30. The van der Waals surface area contributed by atoms with Gasteiger partial charge in [-0.05, 0) is 37.6 Å². The van der Waals surface area contributed by atoms with Crippen molar-refractivity contribution in [1.82, 2.24) is 14.7 Å². The molecular formula is C16H16BrN3O3. The van der Waals surface area contributed by atoms with E-state index in [9.17, 15) is 9.59 Å². The molecule has 1 amide bonds. The van der Waals surface area contributed by atoms with Crippen LogP contribution in [0.3, 0.4) is 0 Å². The van der Waals surface area contributed by atoms with Crippen LogP contribution in [0.25, 0.3) is 5.69 Å². The first-order valence-corrected chi connectivity index (χ1v) is 8.09. The van der Waals surface area contributed by atoms with Crippen molar-refractivity contribution in [3.05, 3.63) is 46.2 Å². The zero-order chi connectivity index (χ0) is 16.6. The highest BCUT2D eigenvalue weighted by Gasteiger charge is 2.32. The van der Waals surface area contributed by atoms with Crippen LogP contribution < -0.4 is 0 Å². The van der Waals surface area contributed by atoms with E-state index in [1.807, 2.05) is 31.2 Å². The van der Waals surface area contributed by atoms with Gasteiger partial charge in [-0.3, -0.25) is 9.59 Å². The summed E-state index contributed by atoms with van der Waals surface area (Å²) >= 11 is 3.39. The Kier molecular flexibility index (Phi) is 4.21. The van der Waals surface area contributed by atoms with E-state index in [4.69, 9.17) is 5.11 Å². The molecular weight excluding hydrogens is 362 g/mol. The molecule has 6 nitrogen and oxygen atoms in total. The van der Waals surface area contributed by atoms with Crippen LogP contribution in [0.2, 0.25) is 0 Å². The number of nitrogens with zero attached hydrogens (tertiary/aromatic N) is 3. The molecule has 120 valence electrons. The maximum atomic E-state index is 12.6. The first-order valence-electron chi connectivity index (χ1n) is 7.30. The number of aliphatic carboxylic acids is 1. The minimum absolute atomic E-state index is 0.158. The van der Waals surface area contributed by atoms with Gasteiger partial charge < -0.3 is 10.0 Å². The first kappa shape index (κ1) is 15.7. The maximum absolute atomic E-state index is 12.6. The van der Waals surface area contributed by atoms with Crippen molar-refractivity contribution in [2.24, 2.45) is 5.92 Å². The lowest BCUT2D eigenvalue weighted by Gasteiger charge is -2.15. The van der Waals surface area contributed by atoms with Crippen LogP contribution in [0, 0.1) is 12.8 Å². The Balaban J connectivity index is 1.83. The molecule has 2 heterocycles. The monoisotopic (exact) mass is 377 g/mol. The SMILES string of the molecule is Cc1c(C(=O)N2CC[C@@H](C(=O)O)C2)cnn1-c1ccc(Br)cc1. The van der Waals surface area contributed by atoms with Gasteiger partial charge in [0.05, 0.1) is 29.1 Å². The predicted molar refractivity (Wildman–Crippen MR) is 87.6 cm³/mol. The Bertz CT molecular complexity index is 754. The fourth-order valence-corrected chi connectivity index (χ4v) is 3.04. The van der Waals surface area contributed by atoms with Gasteiger partial charge in [-0.1, -0.05) is 15.9 Å². The number of likely N-dealkylation sites (tertiary alicyclic amines) is 1. The van der Waals surface area contributed by atoms with Crippen molar-refractivity contribution in [3.63, 3.8) is 0 Å². The van der Waals surface area contributed by atoms with Crippen molar-refractivity contribution in [2.45, 2.75) is 13.3 Å². The zero-order valence-corrected chi connectivity index (χ0v) is 14.2. The molecule has 1 N–H and O–H groups in total. The molecule has 0 unspecified atom stereocenters. The number of amides is 1. The van der Waals surface area contributed by atoms with Crippen LogP contribution in [0.15, 0.2) is 34.9 Å². The second kappa shape index (κ2) is 6.16. The van der Waals surface area contributed by atoms with Crippen LogP contribution in [-0.4, -0.2) is 44.8 Å². The average molecular weight is 378 g/mol. The van der Waals surface area contributed by atoms with Gasteiger partial charge in [-0.15, -0.1) is 0 Å². The molecule has 1 aliphatic heterocycles. The summed E-state index contributed by atoms with van der Waals surface area (Å²) in [4.78, 5) is 25.2. The largest absolute Gasteiger partial charge is 0.481 e. The summed E-state index contributed by atoms with van der Waals surface area (Å²) in [7, 11) is 0.